The summed E-state index contributed by atoms with van der Waals surface area (Å²) in [5.41, 5.74) is 5.66. The zero-order chi connectivity index (χ0) is 39.2. The van der Waals surface area contributed by atoms with Crippen molar-refractivity contribution < 1.29 is 37.7 Å². The Morgan fingerprint density at radius 3 is 1.25 bits per heavy atom. The molecule has 0 radical (unpaired) electrons. The standard InChI is InChI=1S/C42H66O8S/c1-15-25(5)35(21-37(43)49-23-31-27(7)19-33(39(45)29(31)9)41(11,12)17-3)51(47,48)36(26(6)16-2)22-38(44)50-24-32-28(8)20-34(40(46)30(32)10)42(13,14)18-4/h19-20,25-26,35-36,45-46H,15-18,21-24H2,1-14H3. The van der Waals surface area contributed by atoms with Gasteiger partial charge in [0, 0.05) is 11.1 Å². The Hall–Kier alpha value is -3.07. The lowest BCUT2D eigenvalue weighted by atomic mass is 9.79. The van der Waals surface area contributed by atoms with Gasteiger partial charge in [0.05, 0.1) is 23.3 Å². The summed E-state index contributed by atoms with van der Waals surface area (Å²) in [5, 5.41) is 19.9. The first-order valence-corrected chi connectivity index (χ1v) is 20.3. The summed E-state index contributed by atoms with van der Waals surface area (Å²) < 4.78 is 40.2. The van der Waals surface area contributed by atoms with Gasteiger partial charge in [0.2, 0.25) is 0 Å². The predicted octanol–water partition coefficient (Wildman–Crippen LogP) is 9.52. The molecule has 2 aromatic rings. The number of benzene rings is 2. The molecule has 9 heteroatoms. The third-order valence-electron chi connectivity index (χ3n) is 11.9. The summed E-state index contributed by atoms with van der Waals surface area (Å²) in [4.78, 5) is 26.7. The van der Waals surface area contributed by atoms with Crippen molar-refractivity contribution in [1.82, 2.24) is 0 Å². The number of hydrogen-bond donors (Lipinski definition) is 2. The molecule has 8 nitrogen and oxygen atoms in total. The molecule has 0 saturated heterocycles. The zero-order valence-corrected chi connectivity index (χ0v) is 34.7. The van der Waals surface area contributed by atoms with Gasteiger partial charge in [-0.3, -0.25) is 9.59 Å². The number of phenolic OH excluding ortho intramolecular Hbond substituents is 2. The van der Waals surface area contributed by atoms with Crippen molar-refractivity contribution in [3.63, 3.8) is 0 Å². The van der Waals surface area contributed by atoms with Gasteiger partial charge in [0.25, 0.3) is 0 Å². The van der Waals surface area contributed by atoms with Gasteiger partial charge in [-0.1, -0.05) is 94.2 Å². The van der Waals surface area contributed by atoms with Crippen LogP contribution < -0.4 is 0 Å². The van der Waals surface area contributed by atoms with Gasteiger partial charge in [-0.15, -0.1) is 0 Å². The van der Waals surface area contributed by atoms with Gasteiger partial charge in [0.1, 0.15) is 24.7 Å². The number of hydrogen-bond acceptors (Lipinski definition) is 8. The molecule has 0 fully saturated rings. The third-order valence-corrected chi connectivity index (χ3v) is 14.9. The Bertz CT molecular complexity index is 1540. The fourth-order valence-corrected chi connectivity index (χ4v) is 9.53. The largest absolute Gasteiger partial charge is 0.507 e. The highest BCUT2D eigenvalue weighted by atomic mass is 32.2. The van der Waals surface area contributed by atoms with Crippen LogP contribution in [0, 0.1) is 39.5 Å². The minimum atomic E-state index is -4.02. The van der Waals surface area contributed by atoms with Crippen LogP contribution in [0.3, 0.4) is 0 Å². The molecule has 0 amide bonds. The van der Waals surface area contributed by atoms with Crippen molar-refractivity contribution in [3.05, 3.63) is 56.6 Å². The first-order chi connectivity index (χ1) is 23.5. The van der Waals surface area contributed by atoms with E-state index in [0.717, 1.165) is 35.1 Å². The van der Waals surface area contributed by atoms with Crippen LogP contribution in [-0.2, 0) is 52.9 Å². The van der Waals surface area contributed by atoms with Crippen LogP contribution in [0.1, 0.15) is 152 Å². The van der Waals surface area contributed by atoms with Crippen LogP contribution in [0.15, 0.2) is 12.1 Å². The number of aromatic hydroxyl groups is 2. The molecule has 0 aromatic heterocycles. The van der Waals surface area contributed by atoms with E-state index in [1.165, 1.54) is 0 Å². The highest BCUT2D eigenvalue weighted by molar-refractivity contribution is 7.92. The van der Waals surface area contributed by atoms with Gasteiger partial charge >= 0.3 is 11.9 Å². The summed E-state index contributed by atoms with van der Waals surface area (Å²) in [6, 6.07) is 3.87. The van der Waals surface area contributed by atoms with E-state index < -0.39 is 32.3 Å². The second kappa shape index (κ2) is 17.6. The number of sulfone groups is 1. The van der Waals surface area contributed by atoms with E-state index in [-0.39, 0.29) is 60.2 Å². The SMILES string of the molecule is CCC(C)C(CC(=O)OCc1c(C)cc(C(C)(C)CC)c(O)c1C)S(=O)(=O)C(CC(=O)OCc1c(C)cc(C(C)(C)CC)c(O)c1C)C(C)CC. The normalized spacial score (nSPS) is 14.9. The molecule has 51 heavy (non-hydrogen) atoms. The van der Waals surface area contributed by atoms with Crippen LogP contribution in [-0.4, -0.2) is 41.1 Å². The molecule has 0 saturated carbocycles. The van der Waals surface area contributed by atoms with Gasteiger partial charge in [-0.2, -0.15) is 0 Å². The van der Waals surface area contributed by atoms with Crippen molar-refractivity contribution in [2.45, 2.75) is 170 Å². The summed E-state index contributed by atoms with van der Waals surface area (Å²) in [6.07, 6.45) is 2.02. The summed E-state index contributed by atoms with van der Waals surface area (Å²) in [6.45, 7) is 27.1. The van der Waals surface area contributed by atoms with E-state index in [9.17, 15) is 28.2 Å². The maximum atomic E-state index is 14.4. The monoisotopic (exact) mass is 730 g/mol. The molecule has 4 unspecified atom stereocenters. The Labute approximate surface area is 308 Å². The molecule has 0 aliphatic heterocycles. The predicted molar refractivity (Wildman–Crippen MR) is 206 cm³/mol. The van der Waals surface area contributed by atoms with Gasteiger partial charge in [0.15, 0.2) is 9.84 Å². The lowest BCUT2D eigenvalue weighted by Gasteiger charge is -2.30. The van der Waals surface area contributed by atoms with Crippen molar-refractivity contribution in [3.8, 4) is 11.5 Å². The molecule has 288 valence electrons. The lowest BCUT2D eigenvalue weighted by molar-refractivity contribution is -0.145. The molecule has 0 aliphatic rings. The van der Waals surface area contributed by atoms with E-state index in [4.69, 9.17) is 9.47 Å². The van der Waals surface area contributed by atoms with E-state index in [2.05, 4.69) is 41.5 Å². The molecular weight excluding hydrogens is 665 g/mol. The summed E-state index contributed by atoms with van der Waals surface area (Å²) in [7, 11) is -4.02. The van der Waals surface area contributed by atoms with Crippen molar-refractivity contribution in [2.24, 2.45) is 11.8 Å². The minimum absolute atomic E-state index is 0.0867. The topological polar surface area (TPSA) is 127 Å². The maximum Gasteiger partial charge on any atom is 0.307 e. The number of ether oxygens (including phenoxy) is 2. The van der Waals surface area contributed by atoms with Crippen molar-refractivity contribution in [2.75, 3.05) is 0 Å². The molecule has 0 heterocycles. The fourth-order valence-electron chi connectivity index (χ4n) is 6.67. The highest BCUT2D eigenvalue weighted by Crippen LogP contribution is 2.40. The third kappa shape index (κ3) is 10.1. The van der Waals surface area contributed by atoms with Crippen molar-refractivity contribution in [1.29, 1.82) is 0 Å². The van der Waals surface area contributed by atoms with E-state index in [0.29, 0.717) is 35.1 Å². The number of esters is 2. The average molecular weight is 731 g/mol. The Balaban J connectivity index is 2.31. The smallest absolute Gasteiger partial charge is 0.307 e. The Morgan fingerprint density at radius 2 is 0.980 bits per heavy atom. The highest BCUT2D eigenvalue weighted by Gasteiger charge is 2.42. The first kappa shape index (κ1) is 44.1. The number of carbonyl (C=O) groups excluding carboxylic acids is 2. The lowest BCUT2D eigenvalue weighted by Crippen LogP contribution is -2.42. The second-order valence-corrected chi connectivity index (χ2v) is 18.4. The molecule has 2 aromatic carbocycles. The van der Waals surface area contributed by atoms with Crippen molar-refractivity contribution >= 4 is 21.8 Å². The van der Waals surface area contributed by atoms with E-state index in [1.807, 2.05) is 53.7 Å². The molecule has 2 rings (SSSR count). The molecule has 0 spiro atoms. The molecule has 0 bridgehead atoms. The zero-order valence-electron chi connectivity index (χ0n) is 33.9. The summed E-state index contributed by atoms with van der Waals surface area (Å²) in [5.74, 6) is -1.67. The Kier molecular flexibility index (Phi) is 15.2. The number of carbonyl (C=O) groups is 2. The second-order valence-electron chi connectivity index (χ2n) is 16.0. The first-order valence-electron chi connectivity index (χ1n) is 18.7. The van der Waals surface area contributed by atoms with E-state index >= 15 is 0 Å². The minimum Gasteiger partial charge on any atom is -0.507 e. The van der Waals surface area contributed by atoms with Crippen LogP contribution in [0.5, 0.6) is 11.5 Å². The Morgan fingerprint density at radius 1 is 0.667 bits per heavy atom. The molecule has 2 N–H and O–H groups in total. The average Bonchev–Trinajstić information content (AvgIpc) is 3.07. The maximum absolute atomic E-state index is 14.4. The molecule has 0 aliphatic carbocycles. The number of phenols is 2. The van der Waals surface area contributed by atoms with Gasteiger partial charge < -0.3 is 19.7 Å². The van der Waals surface area contributed by atoms with Crippen LogP contribution in [0.2, 0.25) is 0 Å². The molecule has 4 atom stereocenters. The van der Waals surface area contributed by atoms with Gasteiger partial charge in [-0.05, 0) is 96.6 Å². The summed E-state index contributed by atoms with van der Waals surface area (Å²) >= 11 is 0. The van der Waals surface area contributed by atoms with E-state index in [1.54, 1.807) is 13.8 Å². The number of rotatable bonds is 18. The quantitative estimate of drug-likeness (QED) is 0.145. The van der Waals surface area contributed by atoms with Crippen LogP contribution >= 0.6 is 0 Å². The molecular formula is C42H66O8S. The van der Waals surface area contributed by atoms with Gasteiger partial charge in [-0.25, -0.2) is 8.42 Å². The van der Waals surface area contributed by atoms with Crippen LogP contribution in [0.4, 0.5) is 0 Å². The van der Waals surface area contributed by atoms with Crippen LogP contribution in [0.25, 0.3) is 0 Å². The fraction of sp³-hybridized carbons (Fsp3) is 0.667. The number of aryl methyl sites for hydroxylation is 2.